The van der Waals surface area contributed by atoms with Crippen molar-refractivity contribution in [3.8, 4) is 0 Å². The second-order valence-corrected chi connectivity index (χ2v) is 8.59. The van der Waals surface area contributed by atoms with Crippen LogP contribution < -0.4 is 16.8 Å². The molecule has 12 nitrogen and oxygen atoms in total. The summed E-state index contributed by atoms with van der Waals surface area (Å²) >= 11 is 0. The molecule has 0 aliphatic carbocycles. The molecular weight excluding hydrogens is 535 g/mol. The van der Waals surface area contributed by atoms with Gasteiger partial charge in [-0.2, -0.15) is 5.10 Å². The van der Waals surface area contributed by atoms with Gasteiger partial charge in [0, 0.05) is 12.6 Å². The molecule has 0 saturated carbocycles. The lowest BCUT2D eigenvalue weighted by Gasteiger charge is -2.15. The lowest BCUT2D eigenvalue weighted by atomic mass is 10.1. The molecule has 0 bridgehead atoms. The van der Waals surface area contributed by atoms with Crippen molar-refractivity contribution in [3.63, 3.8) is 0 Å². The van der Waals surface area contributed by atoms with Gasteiger partial charge in [-0.05, 0) is 48.7 Å². The van der Waals surface area contributed by atoms with E-state index in [1.807, 2.05) is 0 Å². The van der Waals surface area contributed by atoms with E-state index in [0.717, 1.165) is 22.3 Å². The van der Waals surface area contributed by atoms with Crippen molar-refractivity contribution in [3.05, 3.63) is 99.8 Å². The Morgan fingerprint density at radius 1 is 1.12 bits per heavy atom. The number of esters is 1. The maximum Gasteiger partial charge on any atom is 0.354 e. The first-order chi connectivity index (χ1) is 19.0. The van der Waals surface area contributed by atoms with Gasteiger partial charge in [-0.25, -0.2) is 23.5 Å². The van der Waals surface area contributed by atoms with Crippen LogP contribution in [0.2, 0.25) is 0 Å². The Kier molecular flexibility index (Phi) is 10.8. The number of primary amides is 1. The molecular formula is C28H31FN6O6. The minimum atomic E-state index is -1.36. The number of rotatable bonds is 7. The minimum absolute atomic E-state index is 0. The quantitative estimate of drug-likeness (QED) is 0.243. The molecule has 216 valence electrons. The van der Waals surface area contributed by atoms with Crippen LogP contribution in [0.3, 0.4) is 0 Å². The van der Waals surface area contributed by atoms with Crippen molar-refractivity contribution in [2.75, 3.05) is 7.11 Å². The topological polar surface area (TPSA) is 192 Å². The summed E-state index contributed by atoms with van der Waals surface area (Å²) in [7, 11) is 1.28. The lowest BCUT2D eigenvalue weighted by molar-refractivity contribution is 0.0599. The lowest BCUT2D eigenvalue weighted by Crippen LogP contribution is -2.28. The van der Waals surface area contributed by atoms with E-state index in [2.05, 4.69) is 20.1 Å². The highest BCUT2D eigenvalue weighted by Crippen LogP contribution is 2.17. The van der Waals surface area contributed by atoms with E-state index >= 15 is 0 Å². The number of fused-ring (bicyclic) bond motifs is 1. The molecule has 1 atom stereocenters. The smallest absolute Gasteiger partial charge is 0.354 e. The number of hydrogen-bond donors (Lipinski definition) is 4. The summed E-state index contributed by atoms with van der Waals surface area (Å²) in [6.45, 7) is 3.91. The number of methoxy groups -OCH3 is 1. The summed E-state index contributed by atoms with van der Waals surface area (Å²) in [6.07, 6.45) is 1.09. The summed E-state index contributed by atoms with van der Waals surface area (Å²) in [5, 5.41) is 15.9. The Bertz CT molecular complexity index is 1590. The zero-order valence-corrected chi connectivity index (χ0v) is 21.8. The Hall–Kier alpha value is -5.17. The van der Waals surface area contributed by atoms with Crippen LogP contribution in [-0.4, -0.2) is 50.6 Å². The van der Waals surface area contributed by atoms with Gasteiger partial charge in [0.15, 0.2) is 11.3 Å². The van der Waals surface area contributed by atoms with E-state index in [-0.39, 0.29) is 35.8 Å². The van der Waals surface area contributed by atoms with Crippen LogP contribution in [0, 0.1) is 12.7 Å². The van der Waals surface area contributed by atoms with Crippen molar-refractivity contribution in [1.82, 2.24) is 19.9 Å². The van der Waals surface area contributed by atoms with E-state index in [0.29, 0.717) is 23.2 Å². The van der Waals surface area contributed by atoms with E-state index in [1.165, 1.54) is 13.2 Å². The first-order valence-electron chi connectivity index (χ1n) is 11.8. The van der Waals surface area contributed by atoms with Crippen LogP contribution in [0.1, 0.15) is 78.8 Å². The Balaban J connectivity index is 0.000000452. The number of carboxylic acids is 1. The van der Waals surface area contributed by atoms with Crippen LogP contribution >= 0.6 is 0 Å². The number of carbonyl (C=O) groups is 4. The number of hydrogen-bond acceptors (Lipinski definition) is 8. The fourth-order valence-electron chi connectivity index (χ4n) is 3.62. The average molecular weight is 567 g/mol. The number of ether oxygens (including phenoxy) is 1. The van der Waals surface area contributed by atoms with Gasteiger partial charge >= 0.3 is 11.9 Å². The van der Waals surface area contributed by atoms with Gasteiger partial charge in [0.25, 0.3) is 11.8 Å². The Morgan fingerprint density at radius 3 is 2.32 bits per heavy atom. The molecule has 0 radical (unpaired) electrons. The zero-order valence-electron chi connectivity index (χ0n) is 21.8. The molecule has 2 aromatic heterocycles. The van der Waals surface area contributed by atoms with Crippen molar-refractivity contribution < 1.29 is 33.4 Å². The van der Waals surface area contributed by atoms with Gasteiger partial charge in [-0.15, -0.1) is 0 Å². The fraction of sp³-hybridized carbons (Fsp3) is 0.214. The number of benzene rings is 2. The highest BCUT2D eigenvalue weighted by Gasteiger charge is 2.22. The van der Waals surface area contributed by atoms with E-state index in [1.54, 1.807) is 50.2 Å². The summed E-state index contributed by atoms with van der Waals surface area (Å²) in [5.74, 6) is -3.53. The number of aryl methyl sites for hydroxylation is 1. The number of nitrogens with zero attached hydrogens (tertiary/aromatic N) is 3. The number of amides is 2. The number of halogens is 1. The molecule has 0 aliphatic heterocycles. The summed E-state index contributed by atoms with van der Waals surface area (Å²) in [4.78, 5) is 51.4. The van der Waals surface area contributed by atoms with Gasteiger partial charge in [0.1, 0.15) is 17.1 Å². The predicted molar refractivity (Wildman–Crippen MR) is 148 cm³/mol. The summed E-state index contributed by atoms with van der Waals surface area (Å²) < 4.78 is 18.2. The normalized spacial score (nSPS) is 11.0. The zero-order chi connectivity index (χ0) is 29.6. The summed E-state index contributed by atoms with van der Waals surface area (Å²) in [6, 6.07) is 11.9. The molecule has 2 aromatic carbocycles. The molecule has 0 aliphatic rings. The van der Waals surface area contributed by atoms with E-state index in [4.69, 9.17) is 11.5 Å². The third-order valence-electron chi connectivity index (χ3n) is 5.83. The van der Waals surface area contributed by atoms with Gasteiger partial charge < -0.3 is 26.6 Å². The SMILES string of the molecule is C.COC(=O)c1ccc([C@@H](C)NC(=O)c2cc(C(=O)O)n3ncc(C(N)=O)c3n2)cc1.Cc1cc(CN)ccc1F. The van der Waals surface area contributed by atoms with Crippen molar-refractivity contribution >= 4 is 29.4 Å². The molecule has 0 unspecified atom stereocenters. The predicted octanol–water partition coefficient (Wildman–Crippen LogP) is 3.03. The molecule has 0 saturated heterocycles. The third-order valence-corrected chi connectivity index (χ3v) is 5.83. The molecule has 2 amide bonds. The second kappa shape index (κ2) is 13.8. The maximum atomic E-state index is 12.7. The molecule has 6 N–H and O–H groups in total. The van der Waals surface area contributed by atoms with Crippen LogP contribution in [0.15, 0.2) is 54.7 Å². The molecule has 4 rings (SSSR count). The van der Waals surface area contributed by atoms with Gasteiger partial charge in [0.05, 0.1) is 24.9 Å². The third kappa shape index (κ3) is 7.48. The van der Waals surface area contributed by atoms with Gasteiger partial charge in [0.2, 0.25) is 0 Å². The minimum Gasteiger partial charge on any atom is -0.477 e. The molecule has 2 heterocycles. The van der Waals surface area contributed by atoms with Gasteiger partial charge in [-0.3, -0.25) is 9.59 Å². The van der Waals surface area contributed by atoms with Crippen LogP contribution in [-0.2, 0) is 11.3 Å². The monoisotopic (exact) mass is 566 g/mol. The van der Waals surface area contributed by atoms with Crippen LogP contribution in [0.4, 0.5) is 4.39 Å². The molecule has 0 fully saturated rings. The Labute approximate surface area is 235 Å². The van der Waals surface area contributed by atoms with Crippen molar-refractivity contribution in [2.24, 2.45) is 11.5 Å². The first kappa shape index (κ1) is 32.0. The number of nitrogens with two attached hydrogens (primary N) is 2. The summed E-state index contributed by atoms with van der Waals surface area (Å²) in [5.41, 5.74) is 12.5. The number of aromatic carboxylic acids is 1. The molecule has 0 spiro atoms. The number of nitrogens with one attached hydrogen (secondary N) is 1. The van der Waals surface area contributed by atoms with Crippen molar-refractivity contribution in [1.29, 1.82) is 0 Å². The fourth-order valence-corrected chi connectivity index (χ4v) is 3.62. The van der Waals surface area contributed by atoms with Gasteiger partial charge in [-0.1, -0.05) is 31.7 Å². The molecule has 41 heavy (non-hydrogen) atoms. The average Bonchev–Trinajstić information content (AvgIpc) is 3.38. The molecule has 13 heteroatoms. The molecule has 4 aromatic rings. The standard InChI is InChI=1S/C19H17N5O6.C8H10FN.CH4/c1-9(10-3-5-11(6-4-10)19(29)30-2)22-17(26)13-7-14(18(27)28)24-16(23-13)12(8-21-24)15(20)25;1-6-4-7(5-10)2-3-8(6)9;/h3-9H,1-2H3,(H2,20,25)(H,22,26)(H,27,28);2-4H,5,10H2,1H3;1H4/t9-;;/m1../s1. The highest BCUT2D eigenvalue weighted by atomic mass is 19.1. The van der Waals surface area contributed by atoms with Crippen LogP contribution in [0.25, 0.3) is 5.65 Å². The first-order valence-corrected chi connectivity index (χ1v) is 11.8. The van der Waals surface area contributed by atoms with E-state index < -0.39 is 29.8 Å². The number of carbonyl (C=O) groups excluding carboxylic acids is 3. The second-order valence-electron chi connectivity index (χ2n) is 8.59. The Morgan fingerprint density at radius 2 is 1.78 bits per heavy atom. The highest BCUT2D eigenvalue weighted by molar-refractivity contribution is 6.01. The number of aromatic nitrogens is 3. The van der Waals surface area contributed by atoms with E-state index in [9.17, 15) is 28.7 Å². The largest absolute Gasteiger partial charge is 0.477 e. The van der Waals surface area contributed by atoms with Crippen LogP contribution in [0.5, 0.6) is 0 Å². The maximum absolute atomic E-state index is 12.7. The number of carboxylic acid groups (broad SMARTS) is 1. The van der Waals surface area contributed by atoms with Crippen molar-refractivity contribution in [2.45, 2.75) is 33.9 Å².